The Morgan fingerprint density at radius 1 is 1.03 bits per heavy atom. The average molecular weight is 411 g/mol. The zero-order chi connectivity index (χ0) is 20.7. The van der Waals surface area contributed by atoms with Crippen molar-refractivity contribution in [2.24, 2.45) is 17.8 Å². The summed E-state index contributed by atoms with van der Waals surface area (Å²) in [5.41, 5.74) is 1.27. The summed E-state index contributed by atoms with van der Waals surface area (Å²) < 4.78 is 0. The van der Waals surface area contributed by atoms with Crippen LogP contribution in [0.5, 0.6) is 0 Å². The van der Waals surface area contributed by atoms with E-state index in [0.29, 0.717) is 41.9 Å². The smallest absolute Gasteiger partial charge is 0.274 e. The van der Waals surface area contributed by atoms with Gasteiger partial charge in [-0.15, -0.1) is 0 Å². The number of fused-ring (bicyclic) bond motifs is 4. The van der Waals surface area contributed by atoms with Crippen molar-refractivity contribution in [3.8, 4) is 0 Å². The lowest BCUT2D eigenvalue weighted by atomic mass is 9.69. The fraction of sp³-hybridized carbons (Fsp3) is 0.750. The molecule has 0 spiro atoms. The number of piperidine rings is 3. The number of carbonyl (C=O) groups is 2. The fourth-order valence-corrected chi connectivity index (χ4v) is 6.67. The van der Waals surface area contributed by atoms with Gasteiger partial charge in [-0.2, -0.15) is 0 Å². The molecule has 1 aromatic rings. The van der Waals surface area contributed by atoms with E-state index in [4.69, 9.17) is 0 Å². The van der Waals surface area contributed by atoms with E-state index in [2.05, 4.69) is 14.9 Å². The Balaban J connectivity index is 1.39. The molecule has 162 valence electrons. The van der Waals surface area contributed by atoms with Gasteiger partial charge in [0.15, 0.2) is 0 Å². The van der Waals surface area contributed by atoms with Crippen molar-refractivity contribution in [3.05, 3.63) is 23.8 Å². The Bertz CT molecular complexity index is 789. The number of nitrogens with zero attached hydrogens (tertiary/aromatic N) is 4. The first kappa shape index (κ1) is 20.0. The van der Waals surface area contributed by atoms with Crippen LogP contribution in [0.3, 0.4) is 0 Å². The highest BCUT2D eigenvalue weighted by molar-refractivity contribution is 5.92. The van der Waals surface area contributed by atoms with Gasteiger partial charge in [0.25, 0.3) is 5.91 Å². The highest BCUT2D eigenvalue weighted by Crippen LogP contribution is 2.44. The van der Waals surface area contributed by atoms with E-state index in [9.17, 15) is 9.59 Å². The Kier molecular flexibility index (Phi) is 5.50. The number of hydrogen-bond acceptors (Lipinski definition) is 4. The van der Waals surface area contributed by atoms with Crippen LogP contribution in [-0.2, 0) is 4.79 Å². The molecule has 0 aromatic carbocycles. The highest BCUT2D eigenvalue weighted by atomic mass is 16.2. The second kappa shape index (κ2) is 8.27. The predicted octanol–water partition coefficient (Wildman–Crippen LogP) is 3.60. The normalized spacial score (nSPS) is 32.1. The van der Waals surface area contributed by atoms with Gasteiger partial charge in [-0.25, -0.2) is 4.98 Å². The number of aryl methyl sites for hydroxylation is 1. The summed E-state index contributed by atoms with van der Waals surface area (Å²) in [6.07, 6.45) is 15.0. The number of likely N-dealkylation sites (tertiary alicyclic amines) is 1. The minimum atomic E-state index is 0.00389. The second-order valence-electron chi connectivity index (χ2n) is 10.1. The van der Waals surface area contributed by atoms with Crippen molar-refractivity contribution >= 4 is 11.8 Å². The molecule has 2 amide bonds. The van der Waals surface area contributed by atoms with E-state index in [1.807, 2.05) is 11.8 Å². The van der Waals surface area contributed by atoms with Gasteiger partial charge in [0.05, 0.1) is 11.9 Å². The van der Waals surface area contributed by atoms with Crippen molar-refractivity contribution in [2.75, 3.05) is 13.1 Å². The molecule has 3 saturated heterocycles. The molecule has 1 saturated carbocycles. The Morgan fingerprint density at radius 3 is 2.60 bits per heavy atom. The van der Waals surface area contributed by atoms with Crippen LogP contribution in [0.1, 0.15) is 80.4 Å². The van der Waals surface area contributed by atoms with Crippen LogP contribution in [0.15, 0.2) is 12.4 Å². The molecule has 0 unspecified atom stereocenters. The molecule has 5 rings (SSSR count). The number of hydrogen-bond donors (Lipinski definition) is 0. The lowest BCUT2D eigenvalue weighted by Crippen LogP contribution is -2.65. The summed E-state index contributed by atoms with van der Waals surface area (Å²) in [6.45, 7) is 3.38. The van der Waals surface area contributed by atoms with E-state index in [0.717, 1.165) is 50.4 Å². The maximum atomic E-state index is 13.2. The van der Waals surface area contributed by atoms with Crippen LogP contribution >= 0.6 is 0 Å². The van der Waals surface area contributed by atoms with E-state index < -0.39 is 0 Å². The number of carbonyl (C=O) groups excluding carboxylic acids is 2. The third-order valence-corrected chi connectivity index (χ3v) is 8.08. The maximum absolute atomic E-state index is 13.2. The van der Waals surface area contributed by atoms with Crippen LogP contribution in [0.2, 0.25) is 0 Å². The second-order valence-corrected chi connectivity index (χ2v) is 10.1. The quantitative estimate of drug-likeness (QED) is 0.764. The van der Waals surface area contributed by atoms with Crippen molar-refractivity contribution in [1.82, 2.24) is 19.8 Å². The van der Waals surface area contributed by atoms with E-state index >= 15 is 0 Å². The number of aromatic nitrogens is 2. The summed E-state index contributed by atoms with van der Waals surface area (Å²) in [5.74, 6) is 1.91. The minimum Gasteiger partial charge on any atom is -0.337 e. The van der Waals surface area contributed by atoms with Gasteiger partial charge in [-0.3, -0.25) is 14.6 Å². The maximum Gasteiger partial charge on any atom is 0.274 e. The van der Waals surface area contributed by atoms with Crippen LogP contribution in [0.25, 0.3) is 0 Å². The van der Waals surface area contributed by atoms with Gasteiger partial charge >= 0.3 is 0 Å². The van der Waals surface area contributed by atoms with Gasteiger partial charge in [-0.05, 0) is 50.4 Å². The predicted molar refractivity (Wildman–Crippen MR) is 114 cm³/mol. The van der Waals surface area contributed by atoms with Crippen LogP contribution in [-0.4, -0.2) is 56.8 Å². The summed E-state index contributed by atoms with van der Waals surface area (Å²) in [6, 6.07) is 0.623. The Hall–Kier alpha value is -1.98. The van der Waals surface area contributed by atoms with Crippen LogP contribution in [0.4, 0.5) is 0 Å². The Morgan fingerprint density at radius 2 is 1.83 bits per heavy atom. The van der Waals surface area contributed by atoms with E-state index in [1.54, 1.807) is 12.4 Å². The lowest BCUT2D eigenvalue weighted by Gasteiger charge is -2.57. The molecule has 1 aromatic heterocycles. The summed E-state index contributed by atoms with van der Waals surface area (Å²) >= 11 is 0. The summed E-state index contributed by atoms with van der Waals surface area (Å²) in [4.78, 5) is 39.1. The molecule has 0 N–H and O–H groups in total. The molecule has 4 aliphatic rings. The zero-order valence-corrected chi connectivity index (χ0v) is 18.1. The lowest BCUT2D eigenvalue weighted by molar-refractivity contribution is -0.153. The van der Waals surface area contributed by atoms with Gasteiger partial charge in [0, 0.05) is 37.8 Å². The van der Waals surface area contributed by atoms with Gasteiger partial charge in [0.1, 0.15) is 5.69 Å². The van der Waals surface area contributed by atoms with E-state index in [1.165, 1.54) is 32.1 Å². The number of rotatable bonds is 3. The third-order valence-electron chi connectivity index (χ3n) is 8.08. The van der Waals surface area contributed by atoms with Gasteiger partial charge < -0.3 is 9.80 Å². The Labute approximate surface area is 179 Å². The highest BCUT2D eigenvalue weighted by Gasteiger charge is 2.50. The molecule has 3 aliphatic heterocycles. The molecule has 4 atom stereocenters. The minimum absolute atomic E-state index is 0.00389. The zero-order valence-electron chi connectivity index (χ0n) is 18.1. The topological polar surface area (TPSA) is 66.4 Å². The molecule has 1 aliphatic carbocycles. The molecule has 0 radical (unpaired) electrons. The summed E-state index contributed by atoms with van der Waals surface area (Å²) in [5, 5.41) is 0. The first-order valence-electron chi connectivity index (χ1n) is 12.0. The monoisotopic (exact) mass is 410 g/mol. The molecular weight excluding hydrogens is 376 g/mol. The van der Waals surface area contributed by atoms with Crippen molar-refractivity contribution in [2.45, 2.75) is 83.2 Å². The molecule has 6 heteroatoms. The van der Waals surface area contributed by atoms with Gasteiger partial charge in [-0.1, -0.05) is 32.1 Å². The molecule has 2 bridgehead atoms. The average Bonchev–Trinajstić information content (AvgIpc) is 2.77. The largest absolute Gasteiger partial charge is 0.337 e. The third kappa shape index (κ3) is 3.74. The van der Waals surface area contributed by atoms with Crippen LogP contribution in [0, 0.1) is 24.7 Å². The molecule has 4 heterocycles. The SMILES string of the molecule is Cc1cnc(C(=O)N2C[C@H]3C[C@@H](C2)[C@H](CC2CCCCC2)N2C(=O)CCC[C@@H]32)cn1. The van der Waals surface area contributed by atoms with Crippen molar-refractivity contribution in [1.29, 1.82) is 0 Å². The van der Waals surface area contributed by atoms with Crippen LogP contribution < -0.4 is 0 Å². The standard InChI is InChI=1S/C24H34N4O2/c1-16-12-26-20(13-25-16)24(30)27-14-18-11-19(15-27)22(10-17-6-3-2-4-7-17)28-21(18)8-5-9-23(28)29/h12-13,17-19,21-22H,2-11,14-15H2,1H3/t18-,19+,21+,22+/m1/s1. The molecule has 4 fully saturated rings. The van der Waals surface area contributed by atoms with E-state index in [-0.39, 0.29) is 5.91 Å². The van der Waals surface area contributed by atoms with Gasteiger partial charge in [0.2, 0.25) is 5.91 Å². The van der Waals surface area contributed by atoms with Crippen molar-refractivity contribution in [3.63, 3.8) is 0 Å². The van der Waals surface area contributed by atoms with Crippen molar-refractivity contribution < 1.29 is 9.59 Å². The first-order valence-corrected chi connectivity index (χ1v) is 12.0. The molecule has 30 heavy (non-hydrogen) atoms. The first-order chi connectivity index (χ1) is 14.6. The number of amides is 2. The molecular formula is C24H34N4O2. The summed E-state index contributed by atoms with van der Waals surface area (Å²) in [7, 11) is 0. The fourth-order valence-electron chi connectivity index (χ4n) is 6.67. The molecule has 6 nitrogen and oxygen atoms in total.